The molecule has 0 spiro atoms. The van der Waals surface area contributed by atoms with Gasteiger partial charge in [0.1, 0.15) is 31.1 Å². The van der Waals surface area contributed by atoms with Gasteiger partial charge in [-0.1, -0.05) is 11.6 Å². The van der Waals surface area contributed by atoms with Crippen molar-refractivity contribution in [2.24, 2.45) is 12.0 Å². The van der Waals surface area contributed by atoms with E-state index in [0.29, 0.717) is 13.2 Å². The molecule has 0 aliphatic carbocycles. The average Bonchev–Trinajstić information content (AvgIpc) is 3.12. The topological polar surface area (TPSA) is 70.8 Å². The van der Waals surface area contributed by atoms with Crippen LogP contribution < -0.4 is 10.1 Å². The van der Waals surface area contributed by atoms with Gasteiger partial charge in [-0.25, -0.2) is 9.98 Å². The molecule has 2 aromatic rings. The third-order valence-corrected chi connectivity index (χ3v) is 4.92. The van der Waals surface area contributed by atoms with Gasteiger partial charge in [-0.2, -0.15) is 5.10 Å². The van der Waals surface area contributed by atoms with Crippen LogP contribution in [0.15, 0.2) is 35.6 Å². The van der Waals surface area contributed by atoms with Crippen LogP contribution in [0.2, 0.25) is 5.02 Å². The van der Waals surface area contributed by atoms with Crippen molar-refractivity contribution in [3.63, 3.8) is 0 Å². The molecule has 2 heterocycles. The standard InChI is InChI=1S/C19H28ClN7O/c1-3-21-19(22-14-18-23-15-24-25(18)2)27-10-8-26(9-11-27)12-13-28-17-6-4-16(20)5-7-17/h4-7,15H,3,8-14H2,1-2H3,(H,21,22). The van der Waals surface area contributed by atoms with Crippen LogP contribution in [0.4, 0.5) is 0 Å². The van der Waals surface area contributed by atoms with Crippen molar-refractivity contribution in [2.75, 3.05) is 45.9 Å². The summed E-state index contributed by atoms with van der Waals surface area (Å²) in [4.78, 5) is 13.7. The highest BCUT2D eigenvalue weighted by atomic mass is 35.5. The summed E-state index contributed by atoms with van der Waals surface area (Å²) >= 11 is 5.90. The summed E-state index contributed by atoms with van der Waals surface area (Å²) < 4.78 is 7.56. The van der Waals surface area contributed by atoms with Crippen LogP contribution >= 0.6 is 11.6 Å². The normalized spacial score (nSPS) is 15.7. The molecule has 8 nitrogen and oxygen atoms in total. The Balaban J connectivity index is 1.44. The molecule has 0 saturated carbocycles. The van der Waals surface area contributed by atoms with E-state index in [1.807, 2.05) is 31.3 Å². The van der Waals surface area contributed by atoms with E-state index in [0.717, 1.165) is 61.8 Å². The quantitative estimate of drug-likeness (QED) is 0.557. The van der Waals surface area contributed by atoms with Gasteiger partial charge >= 0.3 is 0 Å². The largest absolute Gasteiger partial charge is 0.492 e. The van der Waals surface area contributed by atoms with E-state index in [2.05, 4.69) is 32.1 Å². The maximum Gasteiger partial charge on any atom is 0.194 e. The van der Waals surface area contributed by atoms with E-state index >= 15 is 0 Å². The highest BCUT2D eigenvalue weighted by Crippen LogP contribution is 2.15. The minimum Gasteiger partial charge on any atom is -0.492 e. The molecule has 9 heteroatoms. The SMILES string of the molecule is CCNC(=NCc1ncnn1C)N1CCN(CCOc2ccc(Cl)cc2)CC1. The van der Waals surface area contributed by atoms with Crippen molar-refractivity contribution in [2.45, 2.75) is 13.5 Å². The monoisotopic (exact) mass is 405 g/mol. The van der Waals surface area contributed by atoms with Crippen molar-refractivity contribution in [3.05, 3.63) is 41.4 Å². The number of aromatic nitrogens is 3. The number of hydrogen-bond donors (Lipinski definition) is 1. The van der Waals surface area contributed by atoms with Gasteiger partial charge in [0.05, 0.1) is 0 Å². The van der Waals surface area contributed by atoms with Crippen LogP contribution in [0, 0.1) is 0 Å². The number of aliphatic imine (C=N–C) groups is 1. The smallest absolute Gasteiger partial charge is 0.194 e. The van der Waals surface area contributed by atoms with Gasteiger partial charge in [0.2, 0.25) is 0 Å². The zero-order valence-electron chi connectivity index (χ0n) is 16.5. The first-order chi connectivity index (χ1) is 13.7. The molecule has 3 rings (SSSR count). The summed E-state index contributed by atoms with van der Waals surface area (Å²) in [7, 11) is 1.88. The van der Waals surface area contributed by atoms with Crippen molar-refractivity contribution in [1.29, 1.82) is 0 Å². The molecule has 28 heavy (non-hydrogen) atoms. The number of piperazine rings is 1. The summed E-state index contributed by atoms with van der Waals surface area (Å²) in [6.45, 7) is 8.86. The second-order valence-corrected chi connectivity index (χ2v) is 7.04. The maximum atomic E-state index is 5.90. The van der Waals surface area contributed by atoms with Crippen LogP contribution in [0.25, 0.3) is 0 Å². The first kappa shape index (κ1) is 20.4. The molecule has 152 valence electrons. The lowest BCUT2D eigenvalue weighted by molar-refractivity contribution is 0.152. The Morgan fingerprint density at radius 2 is 1.96 bits per heavy atom. The van der Waals surface area contributed by atoms with Gasteiger partial charge in [0.15, 0.2) is 5.96 Å². The third-order valence-electron chi connectivity index (χ3n) is 4.67. The summed E-state index contributed by atoms with van der Waals surface area (Å²) in [6, 6.07) is 7.49. The number of benzene rings is 1. The van der Waals surface area contributed by atoms with E-state index < -0.39 is 0 Å². The molecule has 1 fully saturated rings. The number of halogens is 1. The second kappa shape index (κ2) is 10.3. The Kier molecular flexibility index (Phi) is 7.50. The predicted octanol–water partition coefficient (Wildman–Crippen LogP) is 1.63. The zero-order valence-corrected chi connectivity index (χ0v) is 17.3. The lowest BCUT2D eigenvalue weighted by Gasteiger charge is -2.36. The Hall–Kier alpha value is -2.32. The Labute approximate surface area is 171 Å². The van der Waals surface area contributed by atoms with E-state index in [-0.39, 0.29) is 0 Å². The molecular formula is C19H28ClN7O. The highest BCUT2D eigenvalue weighted by molar-refractivity contribution is 6.30. The van der Waals surface area contributed by atoms with Crippen LogP contribution in [0.1, 0.15) is 12.7 Å². The number of hydrogen-bond acceptors (Lipinski definition) is 5. The fraction of sp³-hybridized carbons (Fsp3) is 0.526. The first-order valence-corrected chi connectivity index (χ1v) is 10.0. The van der Waals surface area contributed by atoms with E-state index in [4.69, 9.17) is 21.3 Å². The lowest BCUT2D eigenvalue weighted by atomic mass is 10.3. The highest BCUT2D eigenvalue weighted by Gasteiger charge is 2.19. The van der Waals surface area contributed by atoms with E-state index in [9.17, 15) is 0 Å². The van der Waals surface area contributed by atoms with Crippen LogP contribution in [0.3, 0.4) is 0 Å². The van der Waals surface area contributed by atoms with Gasteiger partial charge in [-0.15, -0.1) is 0 Å². The molecule has 1 aliphatic heterocycles. The Bertz CT molecular complexity index is 754. The fourth-order valence-electron chi connectivity index (χ4n) is 3.04. The summed E-state index contributed by atoms with van der Waals surface area (Å²) in [5.74, 6) is 2.64. The average molecular weight is 406 g/mol. The van der Waals surface area contributed by atoms with Gasteiger partial charge < -0.3 is 15.0 Å². The number of nitrogens with one attached hydrogen (secondary N) is 1. The number of aryl methyl sites for hydroxylation is 1. The molecule has 0 unspecified atom stereocenters. The van der Waals surface area contributed by atoms with Crippen molar-refractivity contribution in [1.82, 2.24) is 29.9 Å². The molecule has 0 bridgehead atoms. The molecule has 1 aromatic carbocycles. The number of ether oxygens (including phenoxy) is 1. The van der Waals surface area contributed by atoms with Gasteiger partial charge in [0, 0.05) is 51.3 Å². The zero-order chi connectivity index (χ0) is 19.8. The molecule has 1 saturated heterocycles. The van der Waals surface area contributed by atoms with Gasteiger partial charge in [-0.3, -0.25) is 9.58 Å². The molecule has 1 aromatic heterocycles. The minimum absolute atomic E-state index is 0.522. The Morgan fingerprint density at radius 1 is 1.21 bits per heavy atom. The maximum absolute atomic E-state index is 5.90. The molecule has 1 aliphatic rings. The van der Waals surface area contributed by atoms with Crippen molar-refractivity contribution in [3.8, 4) is 5.75 Å². The minimum atomic E-state index is 0.522. The van der Waals surface area contributed by atoms with Crippen LogP contribution in [0.5, 0.6) is 5.75 Å². The molecule has 0 amide bonds. The predicted molar refractivity (Wildman–Crippen MR) is 111 cm³/mol. The van der Waals surface area contributed by atoms with Crippen molar-refractivity contribution < 1.29 is 4.74 Å². The molecular weight excluding hydrogens is 378 g/mol. The molecule has 0 radical (unpaired) electrons. The fourth-order valence-corrected chi connectivity index (χ4v) is 3.17. The summed E-state index contributed by atoms with van der Waals surface area (Å²) in [5.41, 5.74) is 0. The summed E-state index contributed by atoms with van der Waals surface area (Å²) in [5, 5.41) is 8.20. The summed E-state index contributed by atoms with van der Waals surface area (Å²) in [6.07, 6.45) is 1.56. The lowest BCUT2D eigenvalue weighted by Crippen LogP contribution is -2.53. The van der Waals surface area contributed by atoms with E-state index in [1.54, 1.807) is 11.0 Å². The molecule has 1 N–H and O–H groups in total. The van der Waals surface area contributed by atoms with Crippen LogP contribution in [-0.2, 0) is 13.6 Å². The molecule has 0 atom stereocenters. The van der Waals surface area contributed by atoms with Gasteiger partial charge in [-0.05, 0) is 31.2 Å². The van der Waals surface area contributed by atoms with Gasteiger partial charge in [0.25, 0.3) is 0 Å². The van der Waals surface area contributed by atoms with Crippen LogP contribution in [-0.4, -0.2) is 76.4 Å². The third kappa shape index (κ3) is 5.84. The number of rotatable bonds is 7. The Morgan fingerprint density at radius 3 is 2.61 bits per heavy atom. The second-order valence-electron chi connectivity index (χ2n) is 6.60. The van der Waals surface area contributed by atoms with Crippen molar-refractivity contribution >= 4 is 17.6 Å². The number of guanidine groups is 1. The van der Waals surface area contributed by atoms with E-state index in [1.165, 1.54) is 0 Å². The number of nitrogens with zero attached hydrogens (tertiary/aromatic N) is 6. The first-order valence-electron chi connectivity index (χ1n) is 9.62.